The molecule has 0 unspecified atom stereocenters. The Morgan fingerprint density at radius 2 is 2.18 bits per heavy atom. The lowest BCUT2D eigenvalue weighted by Gasteiger charge is -2.29. The molecule has 0 saturated carbocycles. The van der Waals surface area contributed by atoms with Crippen LogP contribution in [-0.4, -0.2) is 32.5 Å². The van der Waals surface area contributed by atoms with Gasteiger partial charge in [0.05, 0.1) is 0 Å². The Kier molecular flexibility index (Phi) is 2.84. The second kappa shape index (κ2) is 3.69. The van der Waals surface area contributed by atoms with E-state index in [4.69, 9.17) is 9.47 Å². The molecule has 0 aromatic rings. The first-order valence-corrected chi connectivity index (χ1v) is 3.61. The summed E-state index contributed by atoms with van der Waals surface area (Å²) in [6.07, 6.45) is 1.14. The van der Waals surface area contributed by atoms with Crippen molar-refractivity contribution in [1.82, 2.24) is 5.32 Å². The van der Waals surface area contributed by atoms with Gasteiger partial charge in [0.25, 0.3) is 0 Å². The van der Waals surface area contributed by atoms with Gasteiger partial charge in [-0.05, 0) is 0 Å². The third kappa shape index (κ3) is 2.17. The van der Waals surface area contributed by atoms with Crippen molar-refractivity contribution in [2.75, 3.05) is 14.2 Å². The maximum Gasteiger partial charge on any atom is 0.222 e. The minimum atomic E-state index is -0.194. The highest BCUT2D eigenvalue weighted by Crippen LogP contribution is 2.12. The van der Waals surface area contributed by atoms with E-state index in [0.29, 0.717) is 6.42 Å². The fourth-order valence-corrected chi connectivity index (χ4v) is 1.09. The molecule has 11 heavy (non-hydrogen) atoms. The number of hydrogen-bond donors (Lipinski definition) is 1. The van der Waals surface area contributed by atoms with Gasteiger partial charge in [0.1, 0.15) is 0 Å². The number of hydrogen-bond acceptors (Lipinski definition) is 3. The Morgan fingerprint density at radius 1 is 1.64 bits per heavy atom. The Balaban J connectivity index is 2.14. The van der Waals surface area contributed by atoms with Crippen molar-refractivity contribution in [2.24, 2.45) is 0 Å². The van der Waals surface area contributed by atoms with Crippen LogP contribution in [0, 0.1) is 0 Å². The molecule has 1 atom stereocenters. The summed E-state index contributed by atoms with van der Waals surface area (Å²) >= 11 is 0. The normalized spacial score (nSPS) is 23.2. The van der Waals surface area contributed by atoms with E-state index in [-0.39, 0.29) is 18.2 Å². The second-order valence-corrected chi connectivity index (χ2v) is 2.61. The molecule has 1 heterocycles. The zero-order valence-electron chi connectivity index (χ0n) is 6.79. The first-order valence-electron chi connectivity index (χ1n) is 3.61. The van der Waals surface area contributed by atoms with E-state index >= 15 is 0 Å². The van der Waals surface area contributed by atoms with Gasteiger partial charge >= 0.3 is 0 Å². The van der Waals surface area contributed by atoms with Crippen LogP contribution in [0.5, 0.6) is 0 Å². The van der Waals surface area contributed by atoms with Gasteiger partial charge in [-0.1, -0.05) is 0 Å². The molecule has 64 valence electrons. The van der Waals surface area contributed by atoms with Gasteiger partial charge in [-0.3, -0.25) is 4.79 Å². The quantitative estimate of drug-likeness (QED) is 0.459. The summed E-state index contributed by atoms with van der Waals surface area (Å²) in [5.41, 5.74) is 0. The molecule has 1 amide bonds. The number of β-lactam (4-membered cyclic amide) rings is 1. The Hall–Kier alpha value is -0.610. The molecule has 0 aromatic heterocycles. The molecule has 1 rings (SSSR count). The maximum absolute atomic E-state index is 10.5. The van der Waals surface area contributed by atoms with Gasteiger partial charge in [-0.15, -0.1) is 0 Å². The highest BCUT2D eigenvalue weighted by atomic mass is 16.7. The van der Waals surface area contributed by atoms with Crippen molar-refractivity contribution in [2.45, 2.75) is 25.2 Å². The van der Waals surface area contributed by atoms with E-state index in [9.17, 15) is 4.79 Å². The fraction of sp³-hybridized carbons (Fsp3) is 0.857. The number of methoxy groups -OCH3 is 2. The largest absolute Gasteiger partial charge is 0.356 e. The maximum atomic E-state index is 10.5. The standard InChI is InChI=1S/C7H13NO3/c1-10-7(11-2)4-5-3-6(9)8-5/h5,7H,3-4H2,1-2H3,(H,8,9)/t5-/m0/s1. The molecule has 4 heteroatoms. The third-order valence-corrected chi connectivity index (χ3v) is 1.80. The summed E-state index contributed by atoms with van der Waals surface area (Å²) in [6, 6.07) is 0.243. The average molecular weight is 159 g/mol. The number of carbonyl (C=O) groups excluding carboxylic acids is 1. The number of carbonyl (C=O) groups is 1. The number of amides is 1. The highest BCUT2D eigenvalue weighted by molar-refractivity contribution is 5.82. The predicted molar refractivity (Wildman–Crippen MR) is 39.0 cm³/mol. The zero-order valence-corrected chi connectivity index (χ0v) is 6.79. The van der Waals surface area contributed by atoms with Crippen LogP contribution < -0.4 is 5.32 Å². The number of nitrogens with one attached hydrogen (secondary N) is 1. The van der Waals surface area contributed by atoms with Crippen molar-refractivity contribution >= 4 is 5.91 Å². The van der Waals surface area contributed by atoms with Crippen molar-refractivity contribution in [3.63, 3.8) is 0 Å². The molecule has 0 radical (unpaired) electrons. The van der Waals surface area contributed by atoms with Crippen molar-refractivity contribution < 1.29 is 14.3 Å². The summed E-state index contributed by atoms with van der Waals surface area (Å²) in [4.78, 5) is 10.5. The smallest absolute Gasteiger partial charge is 0.222 e. The minimum Gasteiger partial charge on any atom is -0.356 e. The molecule has 4 nitrogen and oxygen atoms in total. The van der Waals surface area contributed by atoms with E-state index in [1.165, 1.54) is 0 Å². The SMILES string of the molecule is COC(C[C@@H]1CC(=O)N1)OC. The second-order valence-electron chi connectivity index (χ2n) is 2.61. The monoisotopic (exact) mass is 159 g/mol. The Bertz CT molecular complexity index is 137. The molecule has 1 aliphatic rings. The van der Waals surface area contributed by atoms with Crippen LogP contribution in [0.4, 0.5) is 0 Å². The van der Waals surface area contributed by atoms with E-state index in [0.717, 1.165) is 6.42 Å². The minimum absolute atomic E-state index is 0.112. The summed E-state index contributed by atoms with van der Waals surface area (Å²) in [7, 11) is 3.18. The average Bonchev–Trinajstić information content (AvgIpc) is 1.96. The Morgan fingerprint density at radius 3 is 2.55 bits per heavy atom. The molecule has 0 bridgehead atoms. The van der Waals surface area contributed by atoms with Crippen LogP contribution >= 0.6 is 0 Å². The number of rotatable bonds is 4. The summed E-state index contributed by atoms with van der Waals surface area (Å²) in [5, 5.41) is 2.74. The van der Waals surface area contributed by atoms with Gasteiger partial charge in [-0.25, -0.2) is 0 Å². The van der Waals surface area contributed by atoms with Gasteiger partial charge in [0, 0.05) is 33.1 Å². The first kappa shape index (κ1) is 8.49. The number of ether oxygens (including phenoxy) is 2. The van der Waals surface area contributed by atoms with Crippen molar-refractivity contribution in [1.29, 1.82) is 0 Å². The van der Waals surface area contributed by atoms with Gasteiger partial charge in [0.15, 0.2) is 6.29 Å². The molecule has 1 saturated heterocycles. The molecular formula is C7H13NO3. The van der Waals surface area contributed by atoms with Crippen LogP contribution in [0.1, 0.15) is 12.8 Å². The summed E-state index contributed by atoms with van der Waals surface area (Å²) in [6.45, 7) is 0. The summed E-state index contributed by atoms with van der Waals surface area (Å²) < 4.78 is 9.94. The molecule has 1 aliphatic heterocycles. The van der Waals surface area contributed by atoms with E-state index in [1.807, 2.05) is 0 Å². The highest BCUT2D eigenvalue weighted by Gasteiger charge is 2.27. The molecule has 1 fully saturated rings. The topological polar surface area (TPSA) is 47.6 Å². The lowest BCUT2D eigenvalue weighted by atomic mass is 10.0. The molecule has 1 N–H and O–H groups in total. The first-order chi connectivity index (χ1) is 5.26. The van der Waals surface area contributed by atoms with E-state index < -0.39 is 0 Å². The summed E-state index contributed by atoms with van der Waals surface area (Å²) in [5.74, 6) is 0.112. The Labute approximate surface area is 65.9 Å². The van der Waals surface area contributed by atoms with Crippen LogP contribution in [-0.2, 0) is 14.3 Å². The van der Waals surface area contributed by atoms with Crippen LogP contribution in [0.3, 0.4) is 0 Å². The van der Waals surface area contributed by atoms with Crippen molar-refractivity contribution in [3.05, 3.63) is 0 Å². The van der Waals surface area contributed by atoms with Crippen LogP contribution in [0.2, 0.25) is 0 Å². The molecule has 0 aliphatic carbocycles. The lowest BCUT2D eigenvalue weighted by Crippen LogP contribution is -2.50. The molecular weight excluding hydrogens is 146 g/mol. The molecule has 0 aromatic carbocycles. The van der Waals surface area contributed by atoms with E-state index in [2.05, 4.69) is 5.32 Å². The van der Waals surface area contributed by atoms with Crippen LogP contribution in [0.25, 0.3) is 0 Å². The molecule has 0 spiro atoms. The van der Waals surface area contributed by atoms with Crippen molar-refractivity contribution in [3.8, 4) is 0 Å². The zero-order chi connectivity index (χ0) is 8.27. The van der Waals surface area contributed by atoms with Gasteiger partial charge in [0.2, 0.25) is 5.91 Å². The van der Waals surface area contributed by atoms with Crippen LogP contribution in [0.15, 0.2) is 0 Å². The van der Waals surface area contributed by atoms with Gasteiger partial charge < -0.3 is 14.8 Å². The predicted octanol–water partition coefficient (Wildman–Crippen LogP) is -0.116. The van der Waals surface area contributed by atoms with E-state index in [1.54, 1.807) is 14.2 Å². The third-order valence-electron chi connectivity index (χ3n) is 1.80. The lowest BCUT2D eigenvalue weighted by molar-refractivity contribution is -0.136. The van der Waals surface area contributed by atoms with Gasteiger partial charge in [-0.2, -0.15) is 0 Å². The fourth-order valence-electron chi connectivity index (χ4n) is 1.09.